The number of nitrogens with one attached hydrogen (secondary N) is 1. The predicted molar refractivity (Wildman–Crippen MR) is 70.1 cm³/mol. The predicted octanol–water partition coefficient (Wildman–Crippen LogP) is 2.00. The monoisotopic (exact) mass is 260 g/mol. The Bertz CT molecular complexity index is 592. The number of aryl methyl sites for hydroxylation is 1. The first kappa shape index (κ1) is 12.4. The number of terminal acetylenes is 1. The van der Waals surface area contributed by atoms with Gasteiger partial charge < -0.3 is 9.73 Å². The van der Waals surface area contributed by atoms with Crippen LogP contribution in [0.1, 0.15) is 11.5 Å². The van der Waals surface area contributed by atoms with Gasteiger partial charge in [0.25, 0.3) is 0 Å². The van der Waals surface area contributed by atoms with Gasteiger partial charge in [0, 0.05) is 5.38 Å². The van der Waals surface area contributed by atoms with Crippen molar-refractivity contribution in [2.45, 2.75) is 13.3 Å². The van der Waals surface area contributed by atoms with E-state index in [2.05, 4.69) is 16.2 Å². The molecule has 0 aliphatic carbocycles. The minimum atomic E-state index is -0.125. The van der Waals surface area contributed by atoms with Gasteiger partial charge in [0.15, 0.2) is 10.8 Å². The number of nitrogens with zero attached hydrogens (tertiary/aromatic N) is 1. The van der Waals surface area contributed by atoms with Crippen LogP contribution in [0.5, 0.6) is 0 Å². The van der Waals surface area contributed by atoms with Crippen molar-refractivity contribution in [2.24, 2.45) is 0 Å². The van der Waals surface area contributed by atoms with Gasteiger partial charge in [-0.1, -0.05) is 5.92 Å². The highest BCUT2D eigenvalue weighted by Gasteiger charge is 2.10. The topological polar surface area (TPSA) is 55.1 Å². The summed E-state index contributed by atoms with van der Waals surface area (Å²) in [5.74, 6) is 3.80. The fourth-order valence-electron chi connectivity index (χ4n) is 1.43. The number of carbonyl (C=O) groups is 1. The fraction of sp³-hybridized carbons (Fsp3) is 0.231. The maximum atomic E-state index is 11.5. The summed E-state index contributed by atoms with van der Waals surface area (Å²) >= 11 is 1.46. The number of hydrogen-bond acceptors (Lipinski definition) is 4. The molecule has 0 unspecified atom stereocenters. The second kappa shape index (κ2) is 5.52. The van der Waals surface area contributed by atoms with Crippen LogP contribution in [-0.4, -0.2) is 17.4 Å². The molecule has 1 N–H and O–H groups in total. The Morgan fingerprint density at radius 2 is 2.44 bits per heavy atom. The summed E-state index contributed by atoms with van der Waals surface area (Å²) in [6.45, 7) is 2.12. The van der Waals surface area contributed by atoms with Crippen LogP contribution >= 0.6 is 11.3 Å². The Kier molecular flexibility index (Phi) is 3.80. The van der Waals surface area contributed by atoms with Gasteiger partial charge in [-0.2, -0.15) is 0 Å². The van der Waals surface area contributed by atoms with Crippen molar-refractivity contribution in [3.63, 3.8) is 0 Å². The molecule has 2 rings (SSSR count). The van der Waals surface area contributed by atoms with Gasteiger partial charge >= 0.3 is 0 Å². The normalized spacial score (nSPS) is 10.0. The molecule has 2 aromatic rings. The molecule has 0 spiro atoms. The van der Waals surface area contributed by atoms with Crippen LogP contribution in [0.4, 0.5) is 0 Å². The van der Waals surface area contributed by atoms with E-state index in [0.717, 1.165) is 22.2 Å². The Hall–Kier alpha value is -2.06. The minimum absolute atomic E-state index is 0.125. The summed E-state index contributed by atoms with van der Waals surface area (Å²) in [4.78, 5) is 15.8. The molecule has 0 aliphatic rings. The van der Waals surface area contributed by atoms with Crippen molar-refractivity contribution in [1.82, 2.24) is 10.3 Å². The van der Waals surface area contributed by atoms with Crippen LogP contribution in [0.25, 0.3) is 10.8 Å². The largest absolute Gasteiger partial charge is 0.459 e. The van der Waals surface area contributed by atoms with Gasteiger partial charge in [-0.15, -0.1) is 17.8 Å². The lowest BCUT2D eigenvalue weighted by Crippen LogP contribution is -2.25. The third-order valence-corrected chi connectivity index (χ3v) is 3.14. The third-order valence-electron chi connectivity index (χ3n) is 2.23. The number of carbonyl (C=O) groups excluding carboxylic acids is 1. The van der Waals surface area contributed by atoms with Crippen molar-refractivity contribution in [1.29, 1.82) is 0 Å². The van der Waals surface area contributed by atoms with Crippen molar-refractivity contribution in [3.05, 3.63) is 29.0 Å². The number of amides is 1. The highest BCUT2D eigenvalue weighted by Crippen LogP contribution is 2.25. The molecule has 18 heavy (non-hydrogen) atoms. The molecule has 92 valence electrons. The second-order valence-corrected chi connectivity index (χ2v) is 4.57. The van der Waals surface area contributed by atoms with Crippen LogP contribution in [0, 0.1) is 19.3 Å². The molecular weight excluding hydrogens is 248 g/mol. The van der Waals surface area contributed by atoms with Gasteiger partial charge in [-0.3, -0.25) is 4.79 Å². The Morgan fingerprint density at radius 3 is 3.11 bits per heavy atom. The van der Waals surface area contributed by atoms with Crippen LogP contribution < -0.4 is 5.32 Å². The van der Waals surface area contributed by atoms with Crippen LogP contribution in [0.2, 0.25) is 0 Å². The summed E-state index contributed by atoms with van der Waals surface area (Å²) in [6.07, 6.45) is 5.30. The molecule has 2 aromatic heterocycles. The van der Waals surface area contributed by atoms with E-state index < -0.39 is 0 Å². The summed E-state index contributed by atoms with van der Waals surface area (Å²) in [5, 5.41) is 5.23. The lowest BCUT2D eigenvalue weighted by Gasteiger charge is -1.97. The average Bonchev–Trinajstić information content (AvgIpc) is 2.95. The van der Waals surface area contributed by atoms with E-state index in [1.807, 2.05) is 24.4 Å². The highest BCUT2D eigenvalue weighted by molar-refractivity contribution is 7.13. The number of furan rings is 1. The van der Waals surface area contributed by atoms with E-state index in [-0.39, 0.29) is 18.9 Å². The van der Waals surface area contributed by atoms with E-state index in [4.69, 9.17) is 10.8 Å². The van der Waals surface area contributed by atoms with Crippen molar-refractivity contribution in [3.8, 4) is 23.1 Å². The zero-order chi connectivity index (χ0) is 13.0. The number of hydrogen-bond donors (Lipinski definition) is 1. The molecule has 0 aromatic carbocycles. The van der Waals surface area contributed by atoms with Crippen LogP contribution in [0.15, 0.2) is 21.9 Å². The lowest BCUT2D eigenvalue weighted by molar-refractivity contribution is -0.120. The third kappa shape index (κ3) is 2.99. The molecule has 0 fully saturated rings. The molecule has 4 nitrogen and oxygen atoms in total. The van der Waals surface area contributed by atoms with Crippen molar-refractivity contribution in [2.75, 3.05) is 6.54 Å². The van der Waals surface area contributed by atoms with Gasteiger partial charge in [-0.05, 0) is 19.1 Å². The molecule has 0 radical (unpaired) electrons. The van der Waals surface area contributed by atoms with E-state index in [1.54, 1.807) is 0 Å². The number of aromatic nitrogens is 1. The van der Waals surface area contributed by atoms with Crippen LogP contribution in [0.3, 0.4) is 0 Å². The number of rotatable bonds is 4. The van der Waals surface area contributed by atoms with Crippen molar-refractivity contribution >= 4 is 17.2 Å². The average molecular weight is 260 g/mol. The Balaban J connectivity index is 2.03. The van der Waals surface area contributed by atoms with E-state index in [0.29, 0.717) is 0 Å². The molecule has 5 heteroatoms. The fourth-order valence-corrected chi connectivity index (χ4v) is 2.21. The second-order valence-electron chi connectivity index (χ2n) is 3.71. The summed E-state index contributed by atoms with van der Waals surface area (Å²) in [5.41, 5.74) is 0.721. The molecule has 2 heterocycles. The van der Waals surface area contributed by atoms with E-state index >= 15 is 0 Å². The first-order valence-electron chi connectivity index (χ1n) is 5.40. The molecule has 1 amide bonds. The lowest BCUT2D eigenvalue weighted by atomic mass is 10.3. The molecule has 0 saturated heterocycles. The maximum absolute atomic E-state index is 11.5. The Labute approximate surface area is 109 Å². The standard InChI is InChI=1S/C13H12N2O2S/c1-3-6-14-12(16)7-10-8-18-13(15-10)11-5-4-9(2)17-11/h1,4-5,8H,6-7H2,2H3,(H,14,16). The smallest absolute Gasteiger partial charge is 0.226 e. The first-order valence-corrected chi connectivity index (χ1v) is 6.28. The minimum Gasteiger partial charge on any atom is -0.459 e. The molecule has 0 aliphatic heterocycles. The summed E-state index contributed by atoms with van der Waals surface area (Å²) in [6, 6.07) is 3.76. The van der Waals surface area contributed by atoms with E-state index in [9.17, 15) is 4.79 Å². The van der Waals surface area contributed by atoms with Gasteiger partial charge in [-0.25, -0.2) is 4.98 Å². The zero-order valence-corrected chi connectivity index (χ0v) is 10.7. The van der Waals surface area contributed by atoms with Gasteiger partial charge in [0.1, 0.15) is 5.76 Å². The van der Waals surface area contributed by atoms with Gasteiger partial charge in [0.2, 0.25) is 5.91 Å². The highest BCUT2D eigenvalue weighted by atomic mass is 32.1. The quantitative estimate of drug-likeness (QED) is 0.855. The van der Waals surface area contributed by atoms with Crippen molar-refractivity contribution < 1.29 is 9.21 Å². The zero-order valence-electron chi connectivity index (χ0n) is 9.90. The molecule has 0 atom stereocenters. The molecule has 0 bridgehead atoms. The molecular formula is C13H12N2O2S. The molecule has 0 saturated carbocycles. The van der Waals surface area contributed by atoms with E-state index in [1.165, 1.54) is 11.3 Å². The first-order chi connectivity index (χ1) is 8.69. The van der Waals surface area contributed by atoms with Gasteiger partial charge in [0.05, 0.1) is 18.7 Å². The Morgan fingerprint density at radius 1 is 1.61 bits per heavy atom. The SMILES string of the molecule is C#CCNC(=O)Cc1csc(-c2ccc(C)o2)n1. The van der Waals surface area contributed by atoms with Crippen LogP contribution in [-0.2, 0) is 11.2 Å². The maximum Gasteiger partial charge on any atom is 0.226 e. The number of thiazole rings is 1. The summed E-state index contributed by atoms with van der Waals surface area (Å²) < 4.78 is 5.47. The summed E-state index contributed by atoms with van der Waals surface area (Å²) in [7, 11) is 0.